The Hall–Kier alpha value is -3.28. The number of nitrogens with one attached hydrogen (secondary N) is 1. The van der Waals surface area contributed by atoms with Crippen LogP contribution in [-0.4, -0.2) is 24.8 Å². The number of primary amides is 1. The number of hydrogen-bond acceptors (Lipinski definition) is 4. The molecule has 29 heavy (non-hydrogen) atoms. The van der Waals surface area contributed by atoms with Gasteiger partial charge < -0.3 is 20.2 Å². The first kappa shape index (κ1) is 20.5. The summed E-state index contributed by atoms with van der Waals surface area (Å²) in [6, 6.07) is 9.98. The Labute approximate surface area is 169 Å². The Morgan fingerprint density at radius 2 is 1.79 bits per heavy atom. The van der Waals surface area contributed by atoms with Crippen molar-refractivity contribution in [3.8, 4) is 16.9 Å². The van der Waals surface area contributed by atoms with Crippen molar-refractivity contribution in [2.45, 2.75) is 33.6 Å². The first-order valence-electron chi connectivity index (χ1n) is 9.48. The zero-order valence-corrected chi connectivity index (χ0v) is 17.4. The Morgan fingerprint density at radius 3 is 2.38 bits per heavy atom. The minimum absolute atomic E-state index is 0.0218. The highest BCUT2D eigenvalue weighted by Crippen LogP contribution is 2.40. The number of H-pyrrole nitrogens is 1. The summed E-state index contributed by atoms with van der Waals surface area (Å²) in [4.78, 5) is 26.2. The van der Waals surface area contributed by atoms with E-state index < -0.39 is 6.09 Å². The van der Waals surface area contributed by atoms with Gasteiger partial charge in [0.25, 0.3) is 5.56 Å². The summed E-state index contributed by atoms with van der Waals surface area (Å²) < 4.78 is 10.6. The molecule has 0 aliphatic carbocycles. The summed E-state index contributed by atoms with van der Waals surface area (Å²) in [7, 11) is 1.65. The summed E-state index contributed by atoms with van der Waals surface area (Å²) in [6.45, 7) is 7.95. The molecule has 3 aromatic rings. The molecule has 1 atom stereocenters. The molecular formula is C23H26N2O4. The second-order valence-electron chi connectivity index (χ2n) is 7.38. The maximum Gasteiger partial charge on any atom is 0.404 e. The topological polar surface area (TPSA) is 94.4 Å². The molecule has 152 valence electrons. The molecule has 1 amide bonds. The number of benzene rings is 2. The van der Waals surface area contributed by atoms with Crippen LogP contribution in [0.2, 0.25) is 0 Å². The van der Waals surface area contributed by atoms with Crippen LogP contribution in [0.3, 0.4) is 0 Å². The fourth-order valence-electron chi connectivity index (χ4n) is 3.62. The third kappa shape index (κ3) is 3.83. The van der Waals surface area contributed by atoms with E-state index in [9.17, 15) is 9.59 Å². The minimum atomic E-state index is -0.774. The fourth-order valence-corrected chi connectivity index (χ4v) is 3.62. The fraction of sp³-hybridized carbons (Fsp3) is 0.304. The number of methoxy groups -OCH3 is 1. The molecular weight excluding hydrogens is 368 g/mol. The number of pyridine rings is 1. The predicted octanol–water partition coefficient (Wildman–Crippen LogP) is 4.33. The highest BCUT2D eigenvalue weighted by Gasteiger charge is 2.18. The van der Waals surface area contributed by atoms with Gasteiger partial charge in [-0.15, -0.1) is 0 Å². The van der Waals surface area contributed by atoms with E-state index in [4.69, 9.17) is 15.2 Å². The summed E-state index contributed by atoms with van der Waals surface area (Å²) in [6.07, 6.45) is -0.774. The zero-order chi connectivity index (χ0) is 21.3. The molecule has 0 radical (unpaired) electrons. The average molecular weight is 394 g/mol. The number of aromatic amines is 1. The highest BCUT2D eigenvalue weighted by atomic mass is 16.5. The molecule has 0 saturated heterocycles. The Bertz CT molecular complexity index is 1130. The average Bonchev–Trinajstić information content (AvgIpc) is 2.70. The number of carbonyl (C=O) groups is 1. The van der Waals surface area contributed by atoms with Gasteiger partial charge in [-0.1, -0.05) is 31.2 Å². The maximum absolute atomic E-state index is 12.3. The van der Waals surface area contributed by atoms with Crippen molar-refractivity contribution in [1.29, 1.82) is 0 Å². The first-order valence-corrected chi connectivity index (χ1v) is 9.48. The number of carbonyl (C=O) groups excluding carboxylic acids is 1. The zero-order valence-electron chi connectivity index (χ0n) is 17.4. The summed E-state index contributed by atoms with van der Waals surface area (Å²) in [5.41, 5.74) is 11.3. The van der Waals surface area contributed by atoms with E-state index >= 15 is 0 Å². The molecule has 0 fully saturated rings. The van der Waals surface area contributed by atoms with E-state index in [1.165, 1.54) is 0 Å². The number of ether oxygens (including phenoxy) is 2. The Kier molecular flexibility index (Phi) is 5.64. The summed E-state index contributed by atoms with van der Waals surface area (Å²) >= 11 is 0. The number of aryl methyl sites for hydroxylation is 2. The van der Waals surface area contributed by atoms with E-state index in [0.29, 0.717) is 5.56 Å². The van der Waals surface area contributed by atoms with Crippen LogP contribution in [0.5, 0.6) is 5.75 Å². The van der Waals surface area contributed by atoms with Crippen molar-refractivity contribution >= 4 is 17.0 Å². The monoisotopic (exact) mass is 394 g/mol. The van der Waals surface area contributed by atoms with Gasteiger partial charge in [0, 0.05) is 22.4 Å². The van der Waals surface area contributed by atoms with Gasteiger partial charge in [-0.25, -0.2) is 4.79 Å². The lowest BCUT2D eigenvalue weighted by atomic mass is 9.91. The summed E-state index contributed by atoms with van der Waals surface area (Å²) in [5, 5.41) is 0.983. The third-order valence-electron chi connectivity index (χ3n) is 5.47. The van der Waals surface area contributed by atoms with E-state index in [2.05, 4.69) is 4.98 Å². The van der Waals surface area contributed by atoms with Crippen molar-refractivity contribution in [1.82, 2.24) is 4.98 Å². The molecule has 0 aliphatic rings. The standard InChI is InChI=1S/C23H26N2O4/c1-12-10-18(28-5)20(19-14(3)15(4)22(26)25-21(12)19)17-8-6-16(7-9-17)13(2)11-29-23(24)27/h6-10,13H,11H2,1-5H3,(H2,24,27)(H,25,26)/t13-/m0/s1. The molecule has 0 saturated carbocycles. The normalized spacial score (nSPS) is 12.0. The lowest BCUT2D eigenvalue weighted by molar-refractivity contribution is 0.151. The van der Waals surface area contributed by atoms with Gasteiger partial charge in [0.05, 0.1) is 19.2 Å². The van der Waals surface area contributed by atoms with Crippen LogP contribution in [0.1, 0.15) is 35.1 Å². The molecule has 6 nitrogen and oxygen atoms in total. The lowest BCUT2D eigenvalue weighted by Gasteiger charge is -2.18. The number of aromatic nitrogens is 1. The van der Waals surface area contributed by atoms with E-state index in [1.807, 2.05) is 58.0 Å². The second kappa shape index (κ2) is 7.99. The van der Waals surface area contributed by atoms with Crippen LogP contribution in [0.25, 0.3) is 22.0 Å². The smallest absolute Gasteiger partial charge is 0.404 e. The quantitative estimate of drug-likeness (QED) is 0.673. The van der Waals surface area contributed by atoms with Crippen LogP contribution in [0.4, 0.5) is 4.79 Å². The van der Waals surface area contributed by atoms with Crippen LogP contribution in [0.15, 0.2) is 35.1 Å². The van der Waals surface area contributed by atoms with Crippen LogP contribution in [-0.2, 0) is 4.74 Å². The van der Waals surface area contributed by atoms with Gasteiger partial charge in [-0.3, -0.25) is 4.79 Å². The molecule has 3 rings (SSSR count). The van der Waals surface area contributed by atoms with Gasteiger partial charge in [0.15, 0.2) is 0 Å². The SMILES string of the molecule is COc1cc(C)c2[nH]c(=O)c(C)c(C)c2c1-c1ccc([C@@H](C)COC(N)=O)cc1. The van der Waals surface area contributed by atoms with Gasteiger partial charge in [0.1, 0.15) is 5.75 Å². The molecule has 0 bridgehead atoms. The van der Waals surface area contributed by atoms with Crippen molar-refractivity contribution in [3.05, 3.63) is 62.9 Å². The molecule has 0 aliphatic heterocycles. The number of rotatable bonds is 5. The van der Waals surface area contributed by atoms with Gasteiger partial charge in [-0.05, 0) is 49.1 Å². The number of amides is 1. The molecule has 0 unspecified atom stereocenters. The maximum atomic E-state index is 12.3. The Balaban J connectivity index is 2.16. The van der Waals surface area contributed by atoms with Crippen molar-refractivity contribution in [2.24, 2.45) is 5.73 Å². The van der Waals surface area contributed by atoms with Crippen molar-refractivity contribution < 1.29 is 14.3 Å². The van der Waals surface area contributed by atoms with Crippen LogP contribution < -0.4 is 16.0 Å². The lowest BCUT2D eigenvalue weighted by Crippen LogP contribution is -2.16. The molecule has 0 spiro atoms. The van der Waals surface area contributed by atoms with Gasteiger partial charge >= 0.3 is 6.09 Å². The Morgan fingerprint density at radius 1 is 1.14 bits per heavy atom. The predicted molar refractivity (Wildman–Crippen MR) is 115 cm³/mol. The van der Waals surface area contributed by atoms with E-state index in [-0.39, 0.29) is 18.1 Å². The number of nitrogens with two attached hydrogens (primary N) is 1. The highest BCUT2D eigenvalue weighted by molar-refractivity contribution is 6.02. The van der Waals surface area contributed by atoms with Gasteiger partial charge in [-0.2, -0.15) is 0 Å². The second-order valence-corrected chi connectivity index (χ2v) is 7.38. The largest absolute Gasteiger partial charge is 0.496 e. The van der Waals surface area contributed by atoms with Gasteiger partial charge in [0.2, 0.25) is 0 Å². The minimum Gasteiger partial charge on any atom is -0.496 e. The molecule has 3 N–H and O–H groups in total. The molecule has 1 heterocycles. The van der Waals surface area contributed by atoms with E-state index in [0.717, 1.165) is 44.5 Å². The molecule has 2 aromatic carbocycles. The first-order chi connectivity index (χ1) is 13.7. The van der Waals surface area contributed by atoms with Crippen LogP contribution >= 0.6 is 0 Å². The number of fused-ring (bicyclic) bond motifs is 1. The van der Waals surface area contributed by atoms with Crippen molar-refractivity contribution in [3.63, 3.8) is 0 Å². The molecule has 1 aromatic heterocycles. The molecule has 6 heteroatoms. The van der Waals surface area contributed by atoms with Crippen LogP contribution in [0, 0.1) is 20.8 Å². The van der Waals surface area contributed by atoms with E-state index in [1.54, 1.807) is 7.11 Å². The van der Waals surface area contributed by atoms with Crippen molar-refractivity contribution in [2.75, 3.05) is 13.7 Å². The third-order valence-corrected chi connectivity index (χ3v) is 5.47. The summed E-state index contributed by atoms with van der Waals surface area (Å²) in [5.74, 6) is 0.774. The number of hydrogen-bond donors (Lipinski definition) is 2.